The summed E-state index contributed by atoms with van der Waals surface area (Å²) in [5.74, 6) is -2.11. The minimum atomic E-state index is -1.09. The molecule has 0 saturated heterocycles. The van der Waals surface area contributed by atoms with Crippen LogP contribution in [0.3, 0.4) is 0 Å². The average molecular weight is 641 g/mol. The van der Waals surface area contributed by atoms with E-state index >= 15 is 0 Å². The van der Waals surface area contributed by atoms with Crippen molar-refractivity contribution >= 4 is 11.9 Å². The van der Waals surface area contributed by atoms with Crippen molar-refractivity contribution in [3.8, 4) is 0 Å². The van der Waals surface area contributed by atoms with Gasteiger partial charge >= 0.3 is 11.9 Å². The molecule has 0 aliphatic heterocycles. The summed E-state index contributed by atoms with van der Waals surface area (Å²) in [4.78, 5) is 24.6. The third-order valence-corrected chi connectivity index (χ3v) is 8.15. The standard InChI is InChI=1S/C41H52O6/c1-30(26-31(2)27-32(3)28-38(43)47-40(4,5)6)18-16-17-25-37(42)36(39(44)45)29-46-41(33-19-10-7-11-20-33,34-21-12-8-13-22-34)35-23-14-9-15-24-35/h7-15,19-24,27-28,30,36-37,42H,16-18,25-26,29H2,1-6H3,(H,44,45)/b31-27+,32-28+/t30-,36-,37-/m1/s1. The van der Waals surface area contributed by atoms with Crippen molar-refractivity contribution in [3.05, 3.63) is 131 Å². The molecule has 0 saturated carbocycles. The summed E-state index contributed by atoms with van der Waals surface area (Å²) in [5.41, 5.74) is 3.09. The molecule has 2 N–H and O–H groups in total. The molecule has 6 heteroatoms. The fraction of sp³-hybridized carbons (Fsp3) is 0.415. The van der Waals surface area contributed by atoms with Crippen molar-refractivity contribution < 1.29 is 29.3 Å². The quantitative estimate of drug-likeness (QED) is 0.0503. The Labute approximate surface area is 281 Å². The van der Waals surface area contributed by atoms with Crippen molar-refractivity contribution in [1.29, 1.82) is 0 Å². The molecule has 0 heterocycles. The molecular formula is C41H52O6. The number of carboxylic acid groups (broad SMARTS) is 1. The zero-order valence-corrected chi connectivity index (χ0v) is 28.8. The van der Waals surface area contributed by atoms with Crippen LogP contribution in [-0.4, -0.2) is 40.5 Å². The van der Waals surface area contributed by atoms with E-state index in [1.807, 2.05) is 125 Å². The molecule has 3 rings (SSSR count). The van der Waals surface area contributed by atoms with Crippen LogP contribution in [-0.2, 0) is 24.7 Å². The van der Waals surface area contributed by atoms with Crippen LogP contribution in [0.25, 0.3) is 0 Å². The lowest BCUT2D eigenvalue weighted by atomic mass is 9.80. The van der Waals surface area contributed by atoms with Crippen molar-refractivity contribution in [1.82, 2.24) is 0 Å². The highest BCUT2D eigenvalue weighted by Gasteiger charge is 2.40. The molecule has 47 heavy (non-hydrogen) atoms. The number of aliphatic hydroxyl groups excluding tert-OH is 1. The summed E-state index contributed by atoms with van der Waals surface area (Å²) >= 11 is 0. The van der Waals surface area contributed by atoms with E-state index in [0.29, 0.717) is 18.8 Å². The molecule has 0 bridgehead atoms. The van der Waals surface area contributed by atoms with Crippen LogP contribution in [0.4, 0.5) is 0 Å². The molecule has 0 radical (unpaired) electrons. The van der Waals surface area contributed by atoms with Crippen LogP contribution in [0.1, 0.15) is 90.3 Å². The zero-order valence-electron chi connectivity index (χ0n) is 28.8. The molecule has 0 fully saturated rings. The molecule has 6 nitrogen and oxygen atoms in total. The number of hydrogen-bond acceptors (Lipinski definition) is 5. The topological polar surface area (TPSA) is 93.1 Å². The summed E-state index contributed by atoms with van der Waals surface area (Å²) in [6.07, 6.45) is 6.26. The third kappa shape index (κ3) is 11.6. The van der Waals surface area contributed by atoms with Gasteiger partial charge in [0.1, 0.15) is 17.1 Å². The maximum Gasteiger partial charge on any atom is 0.331 e. The van der Waals surface area contributed by atoms with E-state index in [1.54, 1.807) is 0 Å². The maximum atomic E-state index is 12.5. The number of benzene rings is 3. The average Bonchev–Trinajstić information content (AvgIpc) is 3.01. The van der Waals surface area contributed by atoms with Crippen molar-refractivity contribution in [2.45, 2.75) is 91.0 Å². The van der Waals surface area contributed by atoms with Crippen molar-refractivity contribution in [2.75, 3.05) is 6.61 Å². The second-order valence-corrected chi connectivity index (χ2v) is 13.6. The van der Waals surface area contributed by atoms with Gasteiger partial charge in [0, 0.05) is 6.08 Å². The fourth-order valence-corrected chi connectivity index (χ4v) is 6.04. The molecule has 0 aromatic heterocycles. The number of aliphatic hydroxyl groups is 1. The van der Waals surface area contributed by atoms with Crippen molar-refractivity contribution in [2.24, 2.45) is 11.8 Å². The van der Waals surface area contributed by atoms with Crippen LogP contribution in [0.5, 0.6) is 0 Å². The molecule has 0 spiro atoms. The van der Waals surface area contributed by atoms with Gasteiger partial charge in [-0.05, 0) is 75.6 Å². The number of carboxylic acids is 1. The van der Waals surface area contributed by atoms with Gasteiger partial charge in [-0.25, -0.2) is 4.79 Å². The third-order valence-electron chi connectivity index (χ3n) is 8.15. The number of ether oxygens (including phenoxy) is 2. The van der Waals surface area contributed by atoms with Gasteiger partial charge in [-0.1, -0.05) is 129 Å². The molecule has 0 amide bonds. The van der Waals surface area contributed by atoms with Crippen LogP contribution >= 0.6 is 0 Å². The number of carbonyl (C=O) groups is 2. The van der Waals surface area contributed by atoms with E-state index in [9.17, 15) is 19.8 Å². The number of hydrogen-bond donors (Lipinski definition) is 2. The monoisotopic (exact) mass is 640 g/mol. The highest BCUT2D eigenvalue weighted by atomic mass is 16.6. The fourth-order valence-electron chi connectivity index (χ4n) is 6.04. The lowest BCUT2D eigenvalue weighted by Gasteiger charge is -2.37. The van der Waals surface area contributed by atoms with Gasteiger partial charge in [-0.3, -0.25) is 4.79 Å². The number of allylic oxidation sites excluding steroid dienone is 3. The van der Waals surface area contributed by atoms with Gasteiger partial charge < -0.3 is 19.7 Å². The predicted octanol–water partition coefficient (Wildman–Crippen LogP) is 8.88. The molecule has 3 aromatic rings. The first-order chi connectivity index (χ1) is 22.3. The van der Waals surface area contributed by atoms with Gasteiger partial charge in [0.2, 0.25) is 0 Å². The summed E-state index contributed by atoms with van der Waals surface area (Å²) < 4.78 is 12.1. The maximum absolute atomic E-state index is 12.5. The molecule has 3 atom stereocenters. The second kappa shape index (κ2) is 17.8. The highest BCUT2D eigenvalue weighted by molar-refractivity contribution is 5.83. The second-order valence-electron chi connectivity index (χ2n) is 13.6. The first-order valence-electron chi connectivity index (χ1n) is 16.6. The minimum Gasteiger partial charge on any atom is -0.481 e. The number of rotatable bonds is 17. The Kier molecular flexibility index (Phi) is 14.2. The number of esters is 1. The first kappa shape index (κ1) is 37.5. The molecule has 0 unspecified atom stereocenters. The lowest BCUT2D eigenvalue weighted by Crippen LogP contribution is -2.39. The van der Waals surface area contributed by atoms with Crippen LogP contribution in [0.15, 0.2) is 114 Å². The molecule has 0 aliphatic rings. The molecule has 0 aliphatic carbocycles. The molecular weight excluding hydrogens is 588 g/mol. The molecule has 252 valence electrons. The summed E-state index contributed by atoms with van der Waals surface area (Å²) in [6.45, 7) is 11.5. The summed E-state index contributed by atoms with van der Waals surface area (Å²) in [5, 5.41) is 21.3. The highest BCUT2D eigenvalue weighted by Crippen LogP contribution is 2.41. The largest absolute Gasteiger partial charge is 0.481 e. The SMILES string of the molecule is CC(=C\C(=O)OC(C)(C)C)/C=C(\C)C[C@H](C)CCCC[C@@H](O)[C@@H](COC(c1ccccc1)(c1ccccc1)c1ccccc1)C(=O)O. The van der Waals surface area contributed by atoms with Crippen LogP contribution in [0, 0.1) is 11.8 Å². The van der Waals surface area contributed by atoms with E-state index in [2.05, 4.69) is 13.8 Å². The minimum absolute atomic E-state index is 0.161. The van der Waals surface area contributed by atoms with Crippen LogP contribution < -0.4 is 0 Å². The molecule has 3 aromatic carbocycles. The Balaban J connectivity index is 1.64. The zero-order chi connectivity index (χ0) is 34.5. The normalized spacial score (nSPS) is 14.7. The van der Waals surface area contributed by atoms with E-state index in [-0.39, 0.29) is 12.6 Å². The van der Waals surface area contributed by atoms with E-state index in [4.69, 9.17) is 9.47 Å². The Morgan fingerprint density at radius 1 is 0.766 bits per heavy atom. The predicted molar refractivity (Wildman–Crippen MR) is 188 cm³/mol. The van der Waals surface area contributed by atoms with Crippen molar-refractivity contribution in [3.63, 3.8) is 0 Å². The van der Waals surface area contributed by atoms with E-state index in [1.165, 1.54) is 11.6 Å². The number of carbonyl (C=O) groups excluding carboxylic acids is 1. The van der Waals surface area contributed by atoms with Gasteiger partial charge in [0.05, 0.1) is 12.7 Å². The van der Waals surface area contributed by atoms with Gasteiger partial charge in [0.25, 0.3) is 0 Å². The smallest absolute Gasteiger partial charge is 0.331 e. The van der Waals surface area contributed by atoms with E-state index < -0.39 is 29.2 Å². The lowest BCUT2D eigenvalue weighted by molar-refractivity contribution is -0.152. The number of unbranched alkanes of at least 4 members (excludes halogenated alkanes) is 1. The summed E-state index contributed by atoms with van der Waals surface area (Å²) in [6, 6.07) is 29.4. The Bertz CT molecular complexity index is 1360. The van der Waals surface area contributed by atoms with Gasteiger partial charge in [0.15, 0.2) is 0 Å². The van der Waals surface area contributed by atoms with Crippen LogP contribution in [0.2, 0.25) is 0 Å². The Morgan fingerprint density at radius 3 is 1.68 bits per heavy atom. The Morgan fingerprint density at radius 2 is 1.23 bits per heavy atom. The summed E-state index contributed by atoms with van der Waals surface area (Å²) in [7, 11) is 0. The Hall–Kier alpha value is -4.00. The van der Waals surface area contributed by atoms with Gasteiger partial charge in [-0.15, -0.1) is 0 Å². The first-order valence-corrected chi connectivity index (χ1v) is 16.6. The number of aliphatic carboxylic acids is 1. The van der Waals surface area contributed by atoms with Gasteiger partial charge in [-0.2, -0.15) is 0 Å². The van der Waals surface area contributed by atoms with E-state index in [0.717, 1.165) is 41.5 Å².